The minimum Gasteiger partial charge on any atom is -0.434 e. The Morgan fingerprint density at radius 3 is 2.52 bits per heavy atom. The summed E-state index contributed by atoms with van der Waals surface area (Å²) in [5.74, 6) is 0.614. The summed E-state index contributed by atoms with van der Waals surface area (Å²) in [6.45, 7) is 2.04. The Morgan fingerprint density at radius 2 is 1.86 bits per heavy atom. The molecule has 0 saturated carbocycles. The van der Waals surface area contributed by atoms with E-state index in [4.69, 9.17) is 0 Å². The van der Waals surface area contributed by atoms with E-state index in [9.17, 15) is 13.9 Å². The molecule has 1 unspecified atom stereocenters. The molecule has 2 aromatic rings. The minimum absolute atomic E-state index is 0. The minimum atomic E-state index is -2.88. The Morgan fingerprint density at radius 1 is 1.14 bits per heavy atom. The Balaban J connectivity index is 0.00000420. The number of hydrogen-bond acceptors (Lipinski definition) is 3. The number of halogens is 3. The maximum atomic E-state index is 12.6. The van der Waals surface area contributed by atoms with Crippen molar-refractivity contribution in [3.05, 3.63) is 65.2 Å². The highest BCUT2D eigenvalue weighted by atomic mass is 127. The van der Waals surface area contributed by atoms with E-state index >= 15 is 0 Å². The second-order valence-corrected chi connectivity index (χ2v) is 6.41. The molecule has 160 valence electrons. The summed E-state index contributed by atoms with van der Waals surface area (Å²) >= 11 is 0. The highest BCUT2D eigenvalue weighted by Crippen LogP contribution is 2.22. The van der Waals surface area contributed by atoms with Gasteiger partial charge in [-0.2, -0.15) is 8.78 Å². The first-order valence-electron chi connectivity index (χ1n) is 9.26. The number of hydrogen-bond donors (Lipinski definition) is 3. The van der Waals surface area contributed by atoms with Crippen LogP contribution in [-0.2, 0) is 13.0 Å². The quantitative estimate of drug-likeness (QED) is 0.268. The highest BCUT2D eigenvalue weighted by molar-refractivity contribution is 14.0. The van der Waals surface area contributed by atoms with Crippen LogP contribution in [0.25, 0.3) is 0 Å². The van der Waals surface area contributed by atoms with Crippen molar-refractivity contribution in [1.29, 1.82) is 0 Å². The van der Waals surface area contributed by atoms with Gasteiger partial charge in [-0.15, -0.1) is 24.0 Å². The van der Waals surface area contributed by atoms with Crippen molar-refractivity contribution in [3.8, 4) is 5.75 Å². The van der Waals surface area contributed by atoms with E-state index < -0.39 is 12.7 Å². The van der Waals surface area contributed by atoms with E-state index in [1.165, 1.54) is 6.07 Å². The van der Waals surface area contributed by atoms with Crippen LogP contribution in [0, 0.1) is 6.92 Å². The molecule has 29 heavy (non-hydrogen) atoms. The molecule has 0 radical (unpaired) electrons. The number of aryl methyl sites for hydroxylation is 1. The van der Waals surface area contributed by atoms with Crippen LogP contribution in [0.1, 0.15) is 23.6 Å². The summed E-state index contributed by atoms with van der Waals surface area (Å²) in [7, 11) is 0. The molecule has 0 aliphatic rings. The number of aliphatic hydroxyl groups excluding tert-OH is 1. The summed E-state index contributed by atoms with van der Waals surface area (Å²) in [4.78, 5) is 4.43. The van der Waals surface area contributed by atoms with Crippen LogP contribution in [0.2, 0.25) is 0 Å². The summed E-state index contributed by atoms with van der Waals surface area (Å²) in [6, 6.07) is 14.7. The van der Waals surface area contributed by atoms with E-state index in [-0.39, 0.29) is 36.3 Å². The van der Waals surface area contributed by atoms with E-state index in [0.717, 1.165) is 11.1 Å². The molecular formula is C21H28F2IN3O2. The molecule has 2 rings (SSSR count). The molecule has 0 spiro atoms. The smallest absolute Gasteiger partial charge is 0.387 e. The number of alkyl halides is 2. The van der Waals surface area contributed by atoms with Crippen molar-refractivity contribution in [2.24, 2.45) is 4.99 Å². The van der Waals surface area contributed by atoms with Gasteiger partial charge in [-0.1, -0.05) is 48.0 Å². The van der Waals surface area contributed by atoms with Gasteiger partial charge in [0.1, 0.15) is 5.75 Å². The van der Waals surface area contributed by atoms with Gasteiger partial charge < -0.3 is 20.5 Å². The maximum absolute atomic E-state index is 12.6. The number of ether oxygens (including phenoxy) is 1. The van der Waals surface area contributed by atoms with Gasteiger partial charge in [0.15, 0.2) is 5.96 Å². The molecule has 2 aromatic carbocycles. The molecule has 1 atom stereocenters. The van der Waals surface area contributed by atoms with Crippen molar-refractivity contribution in [3.63, 3.8) is 0 Å². The number of rotatable bonds is 9. The number of nitrogens with zero attached hydrogens (tertiary/aromatic N) is 1. The third-order valence-corrected chi connectivity index (χ3v) is 4.00. The monoisotopic (exact) mass is 519 g/mol. The molecule has 0 fully saturated rings. The van der Waals surface area contributed by atoms with E-state index in [1.807, 2.05) is 44.2 Å². The molecule has 8 heteroatoms. The first-order valence-corrected chi connectivity index (χ1v) is 9.26. The van der Waals surface area contributed by atoms with Crippen molar-refractivity contribution in [2.75, 3.05) is 13.1 Å². The SMILES string of the molecule is CCNC(=NCc1cc(C)ccc1OC(F)F)NCC(O)Cc1ccccc1.I. The predicted octanol–water partition coefficient (Wildman–Crippen LogP) is 3.87. The van der Waals surface area contributed by atoms with Crippen LogP contribution in [0.3, 0.4) is 0 Å². The van der Waals surface area contributed by atoms with Gasteiger partial charge in [0.05, 0.1) is 12.6 Å². The van der Waals surface area contributed by atoms with Crippen molar-refractivity contribution < 1.29 is 18.6 Å². The van der Waals surface area contributed by atoms with Crippen LogP contribution in [0.5, 0.6) is 5.75 Å². The summed E-state index contributed by atoms with van der Waals surface area (Å²) in [6.07, 6.45) is -0.0553. The Labute approximate surface area is 187 Å². The zero-order valence-corrected chi connectivity index (χ0v) is 18.9. The van der Waals surface area contributed by atoms with Crippen LogP contribution in [0.4, 0.5) is 8.78 Å². The summed E-state index contributed by atoms with van der Waals surface area (Å²) in [5.41, 5.74) is 2.55. The van der Waals surface area contributed by atoms with Crippen molar-refractivity contribution >= 4 is 29.9 Å². The standard InChI is InChI=1S/C21H27F2N3O2.HI/c1-3-24-21(26-14-18(27)12-16-7-5-4-6-8-16)25-13-17-11-15(2)9-10-19(17)28-20(22)23;/h4-11,18,20,27H,3,12-14H2,1-2H3,(H2,24,25,26);1H. The number of aliphatic hydroxyl groups is 1. The van der Waals surface area contributed by atoms with Gasteiger partial charge >= 0.3 is 6.61 Å². The van der Waals surface area contributed by atoms with Crippen LogP contribution in [-0.4, -0.2) is 36.9 Å². The van der Waals surface area contributed by atoms with Gasteiger partial charge in [0.25, 0.3) is 0 Å². The van der Waals surface area contributed by atoms with Gasteiger partial charge in [0.2, 0.25) is 0 Å². The zero-order valence-electron chi connectivity index (χ0n) is 16.6. The Hall–Kier alpha value is -1.94. The Bertz CT molecular complexity index is 761. The third-order valence-electron chi connectivity index (χ3n) is 4.00. The van der Waals surface area contributed by atoms with Crippen molar-refractivity contribution in [2.45, 2.75) is 39.5 Å². The second-order valence-electron chi connectivity index (χ2n) is 6.41. The van der Waals surface area contributed by atoms with Gasteiger partial charge in [0, 0.05) is 25.1 Å². The van der Waals surface area contributed by atoms with Gasteiger partial charge in [-0.05, 0) is 25.5 Å². The van der Waals surface area contributed by atoms with E-state index in [0.29, 0.717) is 31.0 Å². The number of aliphatic imine (C=N–C) groups is 1. The first-order chi connectivity index (χ1) is 13.5. The third kappa shape index (κ3) is 9.40. The summed E-state index contributed by atoms with van der Waals surface area (Å²) in [5, 5.41) is 16.4. The average molecular weight is 519 g/mol. The van der Waals surface area contributed by atoms with Gasteiger partial charge in [-0.25, -0.2) is 4.99 Å². The fraction of sp³-hybridized carbons (Fsp3) is 0.381. The number of guanidine groups is 1. The molecule has 0 aromatic heterocycles. The fourth-order valence-corrected chi connectivity index (χ4v) is 2.72. The van der Waals surface area contributed by atoms with Crippen LogP contribution < -0.4 is 15.4 Å². The fourth-order valence-electron chi connectivity index (χ4n) is 2.72. The molecule has 0 saturated heterocycles. The molecule has 3 N–H and O–H groups in total. The predicted molar refractivity (Wildman–Crippen MR) is 122 cm³/mol. The van der Waals surface area contributed by atoms with E-state index in [1.54, 1.807) is 12.1 Å². The van der Waals surface area contributed by atoms with Gasteiger partial charge in [-0.3, -0.25) is 0 Å². The maximum Gasteiger partial charge on any atom is 0.387 e. The molecule has 0 heterocycles. The largest absolute Gasteiger partial charge is 0.434 e. The molecule has 0 amide bonds. The molecule has 5 nitrogen and oxygen atoms in total. The number of nitrogens with one attached hydrogen (secondary N) is 2. The van der Waals surface area contributed by atoms with Crippen molar-refractivity contribution in [1.82, 2.24) is 10.6 Å². The highest BCUT2D eigenvalue weighted by Gasteiger charge is 2.11. The van der Waals surface area contributed by atoms with E-state index in [2.05, 4.69) is 20.4 Å². The lowest BCUT2D eigenvalue weighted by molar-refractivity contribution is -0.0504. The topological polar surface area (TPSA) is 65.9 Å². The lowest BCUT2D eigenvalue weighted by Gasteiger charge is -2.16. The lowest BCUT2D eigenvalue weighted by Crippen LogP contribution is -2.41. The molecule has 0 aliphatic carbocycles. The lowest BCUT2D eigenvalue weighted by atomic mass is 10.1. The zero-order chi connectivity index (χ0) is 20.4. The Kier molecular flexibility index (Phi) is 11.5. The van der Waals surface area contributed by atoms with Crippen LogP contribution >= 0.6 is 24.0 Å². The normalized spacial score (nSPS) is 12.3. The first kappa shape index (κ1) is 25.1. The second kappa shape index (κ2) is 13.3. The summed E-state index contributed by atoms with van der Waals surface area (Å²) < 4.78 is 29.8. The molecule has 0 bridgehead atoms. The molecular weight excluding hydrogens is 491 g/mol. The molecule has 0 aliphatic heterocycles. The average Bonchev–Trinajstić information content (AvgIpc) is 2.66. The van der Waals surface area contributed by atoms with Crippen LogP contribution in [0.15, 0.2) is 53.5 Å². The number of benzene rings is 2.